The van der Waals surface area contributed by atoms with Gasteiger partial charge in [0.25, 0.3) is 0 Å². The summed E-state index contributed by atoms with van der Waals surface area (Å²) in [5.74, 6) is -0.871. The maximum absolute atomic E-state index is 12.2. The van der Waals surface area contributed by atoms with Crippen LogP contribution in [-0.4, -0.2) is 55.7 Å². The van der Waals surface area contributed by atoms with Gasteiger partial charge in [-0.25, -0.2) is 8.42 Å². The molecule has 1 saturated heterocycles. The Morgan fingerprint density at radius 3 is 2.44 bits per heavy atom. The lowest BCUT2D eigenvalue weighted by Gasteiger charge is -2.23. The van der Waals surface area contributed by atoms with Crippen molar-refractivity contribution in [2.24, 2.45) is 5.92 Å². The summed E-state index contributed by atoms with van der Waals surface area (Å²) in [4.78, 5) is 25.1. The van der Waals surface area contributed by atoms with Crippen molar-refractivity contribution < 1.29 is 27.9 Å². The highest BCUT2D eigenvalue weighted by molar-refractivity contribution is 7.90. The minimum Gasteiger partial charge on any atom is -0.494 e. The molecule has 138 valence electrons. The van der Waals surface area contributed by atoms with E-state index >= 15 is 0 Å². The van der Waals surface area contributed by atoms with Crippen molar-refractivity contribution in [3.05, 3.63) is 24.3 Å². The highest BCUT2D eigenvalue weighted by atomic mass is 32.2. The number of carboxylic acid groups (broad SMARTS) is 1. The standard InChI is InChI=1S/C17H23NO6S/c1-12-15(17(20)21)9-10-18(12)16(19)4-3-11-24-13-5-7-14(8-6-13)25(2,22)23/h5-8,12,15H,3-4,9-11H2,1-2H3,(H,20,21). The molecule has 7 nitrogen and oxygen atoms in total. The number of amides is 1. The smallest absolute Gasteiger partial charge is 0.308 e. The van der Waals surface area contributed by atoms with Crippen molar-refractivity contribution in [2.45, 2.75) is 37.1 Å². The second kappa shape index (κ2) is 7.86. The van der Waals surface area contributed by atoms with Crippen molar-refractivity contribution in [2.75, 3.05) is 19.4 Å². The van der Waals surface area contributed by atoms with Crippen LogP contribution in [0.3, 0.4) is 0 Å². The van der Waals surface area contributed by atoms with Crippen LogP contribution < -0.4 is 4.74 Å². The Kier molecular flexibility index (Phi) is 6.05. The Morgan fingerprint density at radius 1 is 1.28 bits per heavy atom. The number of hydrogen-bond acceptors (Lipinski definition) is 5. The number of sulfone groups is 1. The Hall–Kier alpha value is -2.09. The molecule has 8 heteroatoms. The summed E-state index contributed by atoms with van der Waals surface area (Å²) in [6, 6.07) is 5.84. The Morgan fingerprint density at radius 2 is 1.92 bits per heavy atom. The molecule has 1 aliphatic rings. The van der Waals surface area contributed by atoms with Crippen LogP contribution in [0.2, 0.25) is 0 Å². The number of ether oxygens (including phenoxy) is 1. The van der Waals surface area contributed by atoms with Crippen LogP contribution in [0.4, 0.5) is 0 Å². The van der Waals surface area contributed by atoms with E-state index in [1.54, 1.807) is 24.0 Å². The lowest BCUT2D eigenvalue weighted by atomic mass is 10.0. The zero-order valence-corrected chi connectivity index (χ0v) is 15.2. The minimum absolute atomic E-state index is 0.0627. The molecule has 1 heterocycles. The van der Waals surface area contributed by atoms with Gasteiger partial charge >= 0.3 is 5.97 Å². The van der Waals surface area contributed by atoms with Gasteiger partial charge in [-0.3, -0.25) is 9.59 Å². The van der Waals surface area contributed by atoms with Crippen LogP contribution >= 0.6 is 0 Å². The van der Waals surface area contributed by atoms with Crippen LogP contribution in [0, 0.1) is 5.92 Å². The number of carboxylic acids is 1. The van der Waals surface area contributed by atoms with E-state index in [4.69, 9.17) is 9.84 Å². The zero-order valence-electron chi connectivity index (χ0n) is 14.3. The molecular formula is C17H23NO6S. The summed E-state index contributed by atoms with van der Waals surface area (Å²) in [6.45, 7) is 2.57. The fourth-order valence-electron chi connectivity index (χ4n) is 2.96. The normalized spacial score (nSPS) is 20.5. The van der Waals surface area contributed by atoms with E-state index in [0.29, 0.717) is 31.7 Å². The molecule has 25 heavy (non-hydrogen) atoms. The third-order valence-electron chi connectivity index (χ3n) is 4.45. The van der Waals surface area contributed by atoms with Gasteiger partial charge in [0.2, 0.25) is 5.91 Å². The van der Waals surface area contributed by atoms with Gasteiger partial charge in [0, 0.05) is 25.3 Å². The number of aliphatic carboxylic acids is 1. The quantitative estimate of drug-likeness (QED) is 0.732. The van der Waals surface area contributed by atoms with Gasteiger partial charge < -0.3 is 14.7 Å². The van der Waals surface area contributed by atoms with Gasteiger partial charge in [-0.05, 0) is 44.0 Å². The number of hydrogen-bond donors (Lipinski definition) is 1. The number of carbonyl (C=O) groups excluding carboxylic acids is 1. The third-order valence-corrected chi connectivity index (χ3v) is 5.58. The predicted molar refractivity (Wildman–Crippen MR) is 91.2 cm³/mol. The Balaban J connectivity index is 1.76. The average Bonchev–Trinajstić information content (AvgIpc) is 2.93. The Bertz CT molecular complexity index is 728. The monoisotopic (exact) mass is 369 g/mol. The molecule has 0 bridgehead atoms. The van der Waals surface area contributed by atoms with Crippen LogP contribution in [0.15, 0.2) is 29.2 Å². The van der Waals surface area contributed by atoms with Crippen LogP contribution in [0.25, 0.3) is 0 Å². The van der Waals surface area contributed by atoms with Crippen LogP contribution in [0.1, 0.15) is 26.2 Å². The molecule has 2 rings (SSSR count). The number of nitrogens with zero attached hydrogens (tertiary/aromatic N) is 1. The van der Waals surface area contributed by atoms with E-state index in [-0.39, 0.29) is 23.3 Å². The fraction of sp³-hybridized carbons (Fsp3) is 0.529. The Labute approximate surface area is 147 Å². The van der Waals surface area contributed by atoms with E-state index in [0.717, 1.165) is 6.26 Å². The van der Waals surface area contributed by atoms with Gasteiger partial charge in [0.1, 0.15) is 5.75 Å². The van der Waals surface area contributed by atoms with E-state index in [1.807, 2.05) is 0 Å². The van der Waals surface area contributed by atoms with Crippen LogP contribution in [-0.2, 0) is 19.4 Å². The second-order valence-corrected chi connectivity index (χ2v) is 8.27. The first-order valence-electron chi connectivity index (χ1n) is 8.15. The molecule has 0 spiro atoms. The summed E-state index contributed by atoms with van der Waals surface area (Å²) in [7, 11) is -3.23. The molecule has 0 aromatic heterocycles. The lowest BCUT2D eigenvalue weighted by Crippen LogP contribution is -2.37. The van der Waals surface area contributed by atoms with Crippen molar-refractivity contribution in [1.29, 1.82) is 0 Å². The van der Waals surface area contributed by atoms with E-state index in [1.165, 1.54) is 12.1 Å². The van der Waals surface area contributed by atoms with Gasteiger partial charge in [-0.15, -0.1) is 0 Å². The molecule has 0 saturated carbocycles. The van der Waals surface area contributed by atoms with E-state index in [9.17, 15) is 18.0 Å². The van der Waals surface area contributed by atoms with Crippen molar-refractivity contribution in [3.63, 3.8) is 0 Å². The van der Waals surface area contributed by atoms with E-state index in [2.05, 4.69) is 0 Å². The molecule has 0 radical (unpaired) electrons. The topological polar surface area (TPSA) is 101 Å². The summed E-state index contributed by atoms with van der Waals surface area (Å²) in [5.41, 5.74) is 0. The van der Waals surface area contributed by atoms with Crippen molar-refractivity contribution >= 4 is 21.7 Å². The summed E-state index contributed by atoms with van der Waals surface area (Å²) < 4.78 is 28.3. The molecule has 1 aromatic rings. The number of benzene rings is 1. The molecule has 1 amide bonds. The molecule has 1 aromatic carbocycles. The molecule has 0 aliphatic carbocycles. The number of likely N-dealkylation sites (tertiary alicyclic amines) is 1. The number of rotatable bonds is 7. The number of carbonyl (C=O) groups is 2. The predicted octanol–water partition coefficient (Wildman–Crippen LogP) is 1.57. The molecule has 1 aliphatic heterocycles. The maximum Gasteiger partial charge on any atom is 0.308 e. The minimum atomic E-state index is -3.23. The van der Waals surface area contributed by atoms with Gasteiger partial charge in [0.05, 0.1) is 17.4 Å². The maximum atomic E-state index is 12.2. The molecule has 1 fully saturated rings. The highest BCUT2D eigenvalue weighted by Gasteiger charge is 2.37. The zero-order chi connectivity index (χ0) is 18.6. The average molecular weight is 369 g/mol. The highest BCUT2D eigenvalue weighted by Crippen LogP contribution is 2.25. The first kappa shape index (κ1) is 19.2. The van der Waals surface area contributed by atoms with Crippen LogP contribution in [0.5, 0.6) is 5.75 Å². The van der Waals surface area contributed by atoms with E-state index < -0.39 is 21.7 Å². The van der Waals surface area contributed by atoms with Crippen molar-refractivity contribution in [1.82, 2.24) is 4.90 Å². The molecule has 2 unspecified atom stereocenters. The van der Waals surface area contributed by atoms with Crippen molar-refractivity contribution in [3.8, 4) is 5.75 Å². The molecule has 2 atom stereocenters. The summed E-state index contributed by atoms with van der Waals surface area (Å²) in [5, 5.41) is 9.10. The first-order chi connectivity index (χ1) is 11.7. The summed E-state index contributed by atoms with van der Waals surface area (Å²) >= 11 is 0. The molecule has 1 N–H and O–H groups in total. The molecular weight excluding hydrogens is 346 g/mol. The summed E-state index contributed by atoms with van der Waals surface area (Å²) in [6.07, 6.45) is 2.43. The van der Waals surface area contributed by atoms with Gasteiger partial charge in [-0.1, -0.05) is 0 Å². The van der Waals surface area contributed by atoms with Gasteiger partial charge in [0.15, 0.2) is 9.84 Å². The largest absolute Gasteiger partial charge is 0.494 e. The second-order valence-electron chi connectivity index (χ2n) is 6.26. The fourth-order valence-corrected chi connectivity index (χ4v) is 3.59. The first-order valence-corrected chi connectivity index (χ1v) is 10.0. The SMILES string of the molecule is CC1C(C(=O)O)CCN1C(=O)CCCOc1ccc(S(C)(=O)=O)cc1. The van der Waals surface area contributed by atoms with Gasteiger partial charge in [-0.2, -0.15) is 0 Å². The third kappa shape index (κ3) is 4.94. The lowest BCUT2D eigenvalue weighted by molar-refractivity contribution is -0.143.